The lowest BCUT2D eigenvalue weighted by Crippen LogP contribution is -2.13. The Morgan fingerprint density at radius 2 is 2.18 bits per heavy atom. The number of nitrogens with two attached hydrogens (primary N) is 2. The number of benzene rings is 1. The zero-order valence-corrected chi connectivity index (χ0v) is 10.8. The van der Waals surface area contributed by atoms with Crippen molar-refractivity contribution in [1.29, 1.82) is 0 Å². The minimum atomic E-state index is 0.571. The highest BCUT2D eigenvalue weighted by atomic mass is 35.5. The van der Waals surface area contributed by atoms with Crippen molar-refractivity contribution in [2.24, 2.45) is 0 Å². The maximum atomic E-state index is 6.07. The number of rotatable bonds is 3. The van der Waals surface area contributed by atoms with E-state index in [1.165, 1.54) is 16.4 Å². The van der Waals surface area contributed by atoms with Gasteiger partial charge in [-0.3, -0.25) is 0 Å². The minimum Gasteiger partial charge on any atom is -0.398 e. The molecule has 0 aliphatic carbocycles. The molecule has 0 radical (unpaired) electrons. The van der Waals surface area contributed by atoms with Gasteiger partial charge in [-0.25, -0.2) is 4.68 Å². The van der Waals surface area contributed by atoms with E-state index in [2.05, 4.69) is 10.2 Å². The smallest absolute Gasteiger partial charge is 0.214 e. The summed E-state index contributed by atoms with van der Waals surface area (Å²) in [6.45, 7) is 1.96. The van der Waals surface area contributed by atoms with Crippen LogP contribution in [0.1, 0.15) is 12.7 Å². The Balaban J connectivity index is 2.35. The summed E-state index contributed by atoms with van der Waals surface area (Å²) in [5.41, 5.74) is 6.46. The van der Waals surface area contributed by atoms with Crippen LogP contribution in [0, 0.1) is 0 Å². The van der Waals surface area contributed by atoms with E-state index in [4.69, 9.17) is 23.2 Å². The lowest BCUT2D eigenvalue weighted by Gasteiger charge is -2.06. The van der Waals surface area contributed by atoms with E-state index in [0.717, 1.165) is 17.1 Å². The molecule has 0 spiro atoms. The molecule has 1 aromatic carbocycles. The molecular formula is C10H12ClN5S. The molecule has 0 aliphatic rings. The molecule has 5 nitrogen and oxygen atoms in total. The molecule has 2 rings (SSSR count). The van der Waals surface area contributed by atoms with Crippen molar-refractivity contribution in [3.05, 3.63) is 29.0 Å². The van der Waals surface area contributed by atoms with Crippen LogP contribution < -0.4 is 11.6 Å². The van der Waals surface area contributed by atoms with Gasteiger partial charge in [0.15, 0.2) is 5.82 Å². The fourth-order valence-electron chi connectivity index (χ4n) is 1.34. The normalized spacial score (nSPS) is 10.7. The molecule has 0 saturated carbocycles. The largest absolute Gasteiger partial charge is 0.398 e. The van der Waals surface area contributed by atoms with Crippen LogP contribution in [0.2, 0.25) is 5.02 Å². The summed E-state index contributed by atoms with van der Waals surface area (Å²) < 4.78 is 1.45. The number of halogens is 1. The molecule has 1 aromatic heterocycles. The van der Waals surface area contributed by atoms with Crippen molar-refractivity contribution in [3.8, 4) is 0 Å². The number of nitrogen functional groups attached to an aromatic ring is 2. The van der Waals surface area contributed by atoms with E-state index < -0.39 is 0 Å². The summed E-state index contributed by atoms with van der Waals surface area (Å²) in [6, 6.07) is 5.36. The highest BCUT2D eigenvalue weighted by Gasteiger charge is 2.13. The molecular weight excluding hydrogens is 258 g/mol. The van der Waals surface area contributed by atoms with Crippen LogP contribution in [-0.2, 0) is 6.42 Å². The van der Waals surface area contributed by atoms with E-state index in [1.807, 2.05) is 6.92 Å². The number of aryl methyl sites for hydroxylation is 1. The molecule has 2 aromatic rings. The summed E-state index contributed by atoms with van der Waals surface area (Å²) in [5, 5.41) is 9.12. The lowest BCUT2D eigenvalue weighted by atomic mass is 10.3. The maximum absolute atomic E-state index is 6.07. The van der Waals surface area contributed by atoms with Crippen LogP contribution in [0.15, 0.2) is 28.3 Å². The number of nitrogens with zero attached hydrogens (tertiary/aromatic N) is 3. The van der Waals surface area contributed by atoms with Crippen molar-refractivity contribution < 1.29 is 0 Å². The Morgan fingerprint density at radius 3 is 2.76 bits per heavy atom. The third-order valence-electron chi connectivity index (χ3n) is 2.24. The van der Waals surface area contributed by atoms with Crippen molar-refractivity contribution in [2.45, 2.75) is 23.4 Å². The van der Waals surface area contributed by atoms with E-state index in [-0.39, 0.29) is 0 Å². The topological polar surface area (TPSA) is 82.8 Å². The number of aromatic nitrogens is 3. The van der Waals surface area contributed by atoms with Crippen LogP contribution in [0.3, 0.4) is 0 Å². The van der Waals surface area contributed by atoms with Gasteiger partial charge in [-0.05, 0) is 23.9 Å². The van der Waals surface area contributed by atoms with Crippen molar-refractivity contribution in [2.75, 3.05) is 11.6 Å². The van der Waals surface area contributed by atoms with Gasteiger partial charge >= 0.3 is 0 Å². The van der Waals surface area contributed by atoms with Crippen molar-refractivity contribution >= 4 is 29.1 Å². The second-order valence-corrected chi connectivity index (χ2v) is 4.77. The fourth-order valence-corrected chi connectivity index (χ4v) is 2.46. The zero-order valence-electron chi connectivity index (χ0n) is 9.22. The molecule has 0 bridgehead atoms. The number of hydrogen-bond acceptors (Lipinski definition) is 5. The van der Waals surface area contributed by atoms with Gasteiger partial charge in [0.05, 0.1) is 9.92 Å². The fraction of sp³-hybridized carbons (Fsp3) is 0.200. The molecule has 90 valence electrons. The zero-order chi connectivity index (χ0) is 12.4. The molecule has 0 unspecified atom stereocenters. The van der Waals surface area contributed by atoms with Gasteiger partial charge in [0, 0.05) is 12.1 Å². The lowest BCUT2D eigenvalue weighted by molar-refractivity contribution is 0.796. The van der Waals surface area contributed by atoms with Crippen LogP contribution >= 0.6 is 23.4 Å². The molecule has 0 fully saturated rings. The highest BCUT2D eigenvalue weighted by Crippen LogP contribution is 2.36. The molecule has 0 saturated heterocycles. The molecule has 4 N–H and O–H groups in total. The van der Waals surface area contributed by atoms with Gasteiger partial charge in [0.25, 0.3) is 0 Å². The molecule has 17 heavy (non-hydrogen) atoms. The Labute approximate surface area is 108 Å². The highest BCUT2D eigenvalue weighted by molar-refractivity contribution is 7.99. The molecule has 0 aliphatic heterocycles. The molecule has 0 atom stereocenters. The quantitative estimate of drug-likeness (QED) is 0.657. The van der Waals surface area contributed by atoms with Gasteiger partial charge in [-0.2, -0.15) is 0 Å². The van der Waals surface area contributed by atoms with Gasteiger partial charge in [0.2, 0.25) is 5.16 Å². The number of anilines is 1. The molecule has 1 heterocycles. The standard InChI is InChI=1S/C10H12ClN5S/c1-2-8-14-15-10(16(8)13)17-9-6(11)4-3-5-7(9)12/h3-5H,2,12-13H2,1H3. The number of hydrogen-bond donors (Lipinski definition) is 2. The first-order valence-corrected chi connectivity index (χ1v) is 6.24. The summed E-state index contributed by atoms with van der Waals surface area (Å²) in [6.07, 6.45) is 0.724. The van der Waals surface area contributed by atoms with Gasteiger partial charge in [-0.15, -0.1) is 10.2 Å². The predicted molar refractivity (Wildman–Crippen MR) is 69.5 cm³/mol. The molecule has 0 amide bonds. The minimum absolute atomic E-state index is 0.571. The van der Waals surface area contributed by atoms with Crippen LogP contribution in [0.25, 0.3) is 0 Å². The first kappa shape index (κ1) is 12.1. The van der Waals surface area contributed by atoms with Gasteiger partial charge in [0.1, 0.15) is 0 Å². The first-order valence-electron chi connectivity index (χ1n) is 5.04. The second-order valence-electron chi connectivity index (χ2n) is 3.38. The Morgan fingerprint density at radius 1 is 1.41 bits per heavy atom. The summed E-state index contributed by atoms with van der Waals surface area (Å²) in [5.74, 6) is 6.57. The monoisotopic (exact) mass is 269 g/mol. The third kappa shape index (κ3) is 2.32. The van der Waals surface area contributed by atoms with E-state index in [9.17, 15) is 0 Å². The average molecular weight is 270 g/mol. The summed E-state index contributed by atoms with van der Waals surface area (Å²) >= 11 is 7.38. The Hall–Kier alpha value is -1.40. The first-order chi connectivity index (χ1) is 8.13. The van der Waals surface area contributed by atoms with Crippen LogP contribution in [0.5, 0.6) is 0 Å². The van der Waals surface area contributed by atoms with Gasteiger partial charge in [-0.1, -0.05) is 24.6 Å². The van der Waals surface area contributed by atoms with E-state index in [1.54, 1.807) is 18.2 Å². The van der Waals surface area contributed by atoms with Crippen molar-refractivity contribution in [3.63, 3.8) is 0 Å². The third-order valence-corrected chi connectivity index (χ3v) is 3.79. The Bertz CT molecular complexity index is 519. The average Bonchev–Trinajstić information content (AvgIpc) is 2.65. The SMILES string of the molecule is CCc1nnc(Sc2c(N)cccc2Cl)n1N. The van der Waals surface area contributed by atoms with E-state index >= 15 is 0 Å². The molecule has 7 heteroatoms. The summed E-state index contributed by atoms with van der Waals surface area (Å²) in [7, 11) is 0. The Kier molecular flexibility index (Phi) is 3.44. The van der Waals surface area contributed by atoms with Gasteiger partial charge < -0.3 is 11.6 Å². The maximum Gasteiger partial charge on any atom is 0.214 e. The van der Waals surface area contributed by atoms with Crippen LogP contribution in [-0.4, -0.2) is 14.9 Å². The summed E-state index contributed by atoms with van der Waals surface area (Å²) in [4.78, 5) is 0.746. The van der Waals surface area contributed by atoms with Crippen molar-refractivity contribution in [1.82, 2.24) is 14.9 Å². The van der Waals surface area contributed by atoms with E-state index in [0.29, 0.717) is 15.9 Å². The predicted octanol–water partition coefficient (Wildman–Crippen LogP) is 1.94. The second kappa shape index (κ2) is 4.85. The van der Waals surface area contributed by atoms with Crippen LogP contribution in [0.4, 0.5) is 5.69 Å².